The van der Waals surface area contributed by atoms with Gasteiger partial charge in [0.1, 0.15) is 5.70 Å². The molecule has 3 N–H and O–H groups in total. The molecular formula is C16H25N3O2. The van der Waals surface area contributed by atoms with E-state index in [1.54, 1.807) is 4.90 Å². The van der Waals surface area contributed by atoms with E-state index in [9.17, 15) is 9.90 Å². The van der Waals surface area contributed by atoms with Crippen molar-refractivity contribution < 1.29 is 9.90 Å². The number of nitrogens with zero attached hydrogens (tertiary/aromatic N) is 2. The van der Waals surface area contributed by atoms with E-state index in [2.05, 4.69) is 11.6 Å². The van der Waals surface area contributed by atoms with Crippen molar-refractivity contribution in [2.24, 2.45) is 10.7 Å². The molecule has 116 valence electrons. The highest BCUT2D eigenvalue weighted by molar-refractivity contribution is 6.09. The first-order valence-electron chi connectivity index (χ1n) is 7.63. The van der Waals surface area contributed by atoms with Crippen LogP contribution in [-0.4, -0.2) is 47.4 Å². The topological polar surface area (TPSA) is 78.9 Å². The Morgan fingerprint density at radius 1 is 1.43 bits per heavy atom. The molecule has 2 rings (SSSR count). The average Bonchev–Trinajstić information content (AvgIpc) is 2.92. The second-order valence-corrected chi connectivity index (χ2v) is 5.99. The number of aliphatic imine (C=N–C) groups is 1. The molecule has 0 unspecified atom stereocenters. The van der Waals surface area contributed by atoms with Crippen LogP contribution in [0.1, 0.15) is 39.0 Å². The summed E-state index contributed by atoms with van der Waals surface area (Å²) in [5.41, 5.74) is 9.32. The number of carbonyl (C=O) groups is 1. The van der Waals surface area contributed by atoms with Gasteiger partial charge in [0, 0.05) is 24.4 Å². The Morgan fingerprint density at radius 2 is 2.10 bits per heavy atom. The molecule has 0 aromatic rings. The Hall–Kier alpha value is -1.62. The molecule has 1 aliphatic carbocycles. The van der Waals surface area contributed by atoms with Crippen molar-refractivity contribution in [1.29, 1.82) is 0 Å². The molecule has 5 nitrogen and oxygen atoms in total. The second kappa shape index (κ2) is 6.89. The lowest BCUT2D eigenvalue weighted by Crippen LogP contribution is -2.42. The standard InChI is InChI=1S/C16H25N3O2/c1-11(2)10-18-14-5-3-4-13(14)15(17)16(21)19-8-6-12(20)7-9-19/h12,20H,1,3-10,17H2,2H3/b15-13-,18-14?. The highest BCUT2D eigenvalue weighted by atomic mass is 16.3. The number of hydrogen-bond acceptors (Lipinski definition) is 4. The third-order valence-electron chi connectivity index (χ3n) is 4.04. The molecule has 1 amide bonds. The number of hydrogen-bond donors (Lipinski definition) is 2. The summed E-state index contributed by atoms with van der Waals surface area (Å²) in [6.07, 6.45) is 3.67. The number of allylic oxidation sites excluding steroid dienone is 1. The van der Waals surface area contributed by atoms with Gasteiger partial charge in [-0.1, -0.05) is 12.2 Å². The number of aliphatic hydroxyl groups is 1. The molecule has 21 heavy (non-hydrogen) atoms. The van der Waals surface area contributed by atoms with Crippen LogP contribution in [0.4, 0.5) is 0 Å². The van der Waals surface area contributed by atoms with E-state index in [1.165, 1.54) is 0 Å². The molecule has 0 aromatic heterocycles. The van der Waals surface area contributed by atoms with Gasteiger partial charge < -0.3 is 15.7 Å². The summed E-state index contributed by atoms with van der Waals surface area (Å²) in [7, 11) is 0. The van der Waals surface area contributed by atoms with E-state index in [-0.39, 0.29) is 12.0 Å². The number of aliphatic hydroxyl groups excluding tert-OH is 1. The van der Waals surface area contributed by atoms with Gasteiger partial charge in [-0.2, -0.15) is 0 Å². The monoisotopic (exact) mass is 291 g/mol. The van der Waals surface area contributed by atoms with Crippen LogP contribution in [0.25, 0.3) is 0 Å². The van der Waals surface area contributed by atoms with E-state index >= 15 is 0 Å². The van der Waals surface area contributed by atoms with Crippen LogP contribution in [0, 0.1) is 0 Å². The van der Waals surface area contributed by atoms with Crippen molar-refractivity contribution in [3.8, 4) is 0 Å². The summed E-state index contributed by atoms with van der Waals surface area (Å²) in [4.78, 5) is 18.7. The highest BCUT2D eigenvalue weighted by Gasteiger charge is 2.27. The molecule has 1 aliphatic heterocycles. The zero-order chi connectivity index (χ0) is 15.4. The number of piperidine rings is 1. The van der Waals surface area contributed by atoms with Crippen LogP contribution in [0.5, 0.6) is 0 Å². The lowest BCUT2D eigenvalue weighted by Gasteiger charge is -2.30. The highest BCUT2D eigenvalue weighted by Crippen LogP contribution is 2.25. The van der Waals surface area contributed by atoms with Gasteiger partial charge in [-0.15, -0.1) is 0 Å². The van der Waals surface area contributed by atoms with Crippen molar-refractivity contribution in [1.82, 2.24) is 4.90 Å². The van der Waals surface area contributed by atoms with E-state index in [1.807, 2.05) is 6.92 Å². The Morgan fingerprint density at radius 3 is 2.71 bits per heavy atom. The molecule has 0 radical (unpaired) electrons. The Kier molecular flexibility index (Phi) is 5.17. The molecule has 0 atom stereocenters. The van der Waals surface area contributed by atoms with E-state index in [0.717, 1.165) is 36.1 Å². The first kappa shape index (κ1) is 15.8. The van der Waals surface area contributed by atoms with Gasteiger partial charge in [-0.05, 0) is 39.0 Å². The molecule has 0 aromatic carbocycles. The lowest BCUT2D eigenvalue weighted by atomic mass is 10.1. The van der Waals surface area contributed by atoms with E-state index < -0.39 is 0 Å². The lowest BCUT2D eigenvalue weighted by molar-refractivity contribution is -0.129. The van der Waals surface area contributed by atoms with Crippen molar-refractivity contribution in [2.75, 3.05) is 19.6 Å². The predicted molar refractivity (Wildman–Crippen MR) is 84.0 cm³/mol. The summed E-state index contributed by atoms with van der Waals surface area (Å²) < 4.78 is 0. The molecule has 2 aliphatic rings. The van der Waals surface area contributed by atoms with Crippen LogP contribution in [0.2, 0.25) is 0 Å². The van der Waals surface area contributed by atoms with Gasteiger partial charge in [0.15, 0.2) is 0 Å². The number of amides is 1. The van der Waals surface area contributed by atoms with Crippen molar-refractivity contribution in [3.05, 3.63) is 23.4 Å². The summed E-state index contributed by atoms with van der Waals surface area (Å²) in [6, 6.07) is 0. The third-order valence-corrected chi connectivity index (χ3v) is 4.04. The van der Waals surface area contributed by atoms with E-state index in [4.69, 9.17) is 5.73 Å². The van der Waals surface area contributed by atoms with Gasteiger partial charge >= 0.3 is 0 Å². The third kappa shape index (κ3) is 3.94. The fourth-order valence-electron chi connectivity index (χ4n) is 2.79. The molecule has 0 spiro atoms. The number of carbonyl (C=O) groups excluding carboxylic acids is 1. The fourth-order valence-corrected chi connectivity index (χ4v) is 2.79. The average molecular weight is 291 g/mol. The Balaban J connectivity index is 2.11. The first-order valence-corrected chi connectivity index (χ1v) is 7.63. The zero-order valence-corrected chi connectivity index (χ0v) is 12.8. The largest absolute Gasteiger partial charge is 0.394 e. The van der Waals surface area contributed by atoms with Crippen LogP contribution >= 0.6 is 0 Å². The maximum Gasteiger partial charge on any atom is 0.270 e. The van der Waals surface area contributed by atoms with Crippen LogP contribution in [0.15, 0.2) is 28.4 Å². The first-order chi connectivity index (χ1) is 9.99. The van der Waals surface area contributed by atoms with Crippen molar-refractivity contribution in [2.45, 2.75) is 45.1 Å². The van der Waals surface area contributed by atoms with Crippen LogP contribution < -0.4 is 5.73 Å². The predicted octanol–water partition coefficient (Wildman–Crippen LogP) is 1.38. The molecule has 1 saturated carbocycles. The maximum atomic E-state index is 12.5. The van der Waals surface area contributed by atoms with Gasteiger partial charge in [0.05, 0.1) is 12.6 Å². The Labute approximate surface area is 126 Å². The summed E-state index contributed by atoms with van der Waals surface area (Å²) in [5.74, 6) is -0.109. The van der Waals surface area contributed by atoms with E-state index in [0.29, 0.717) is 38.2 Å². The Bertz CT molecular complexity index is 486. The number of nitrogens with two attached hydrogens (primary N) is 1. The smallest absolute Gasteiger partial charge is 0.270 e. The minimum atomic E-state index is -0.290. The molecule has 2 fully saturated rings. The van der Waals surface area contributed by atoms with Gasteiger partial charge in [-0.25, -0.2) is 0 Å². The molecule has 5 heteroatoms. The fraction of sp³-hybridized carbons (Fsp3) is 0.625. The van der Waals surface area contributed by atoms with Gasteiger partial charge in [-0.3, -0.25) is 9.79 Å². The molecule has 1 heterocycles. The molecule has 0 bridgehead atoms. The number of likely N-dealkylation sites (tertiary alicyclic amines) is 1. The zero-order valence-electron chi connectivity index (χ0n) is 12.8. The summed E-state index contributed by atoms with van der Waals surface area (Å²) in [6.45, 7) is 7.53. The molecule has 1 saturated heterocycles. The SMILES string of the molecule is C=C(C)CN=C1CCC/C1=C(/N)C(=O)N1CCC(O)CC1. The quantitative estimate of drug-likeness (QED) is 0.609. The minimum Gasteiger partial charge on any atom is -0.394 e. The van der Waals surface area contributed by atoms with Gasteiger partial charge in [0.25, 0.3) is 5.91 Å². The summed E-state index contributed by atoms with van der Waals surface area (Å²) >= 11 is 0. The van der Waals surface area contributed by atoms with Gasteiger partial charge in [0.2, 0.25) is 0 Å². The second-order valence-electron chi connectivity index (χ2n) is 5.99. The normalized spacial score (nSPS) is 24.5. The minimum absolute atomic E-state index is 0.109. The molecular weight excluding hydrogens is 266 g/mol. The van der Waals surface area contributed by atoms with Crippen molar-refractivity contribution >= 4 is 11.6 Å². The maximum absolute atomic E-state index is 12.5. The summed E-state index contributed by atoms with van der Waals surface area (Å²) in [5, 5.41) is 9.51. The van der Waals surface area contributed by atoms with Crippen molar-refractivity contribution in [3.63, 3.8) is 0 Å². The van der Waals surface area contributed by atoms with Crippen LogP contribution in [0.3, 0.4) is 0 Å². The van der Waals surface area contributed by atoms with Crippen LogP contribution in [-0.2, 0) is 4.79 Å². The number of rotatable bonds is 3.